The van der Waals surface area contributed by atoms with Gasteiger partial charge in [0.2, 0.25) is 0 Å². The van der Waals surface area contributed by atoms with Crippen LogP contribution in [0.1, 0.15) is 13.3 Å². The Kier molecular flexibility index (Phi) is 3.94. The Morgan fingerprint density at radius 2 is 2.26 bits per heavy atom. The summed E-state index contributed by atoms with van der Waals surface area (Å²) in [7, 11) is 0. The van der Waals surface area contributed by atoms with E-state index in [1.54, 1.807) is 37.4 Å². The van der Waals surface area contributed by atoms with Crippen LogP contribution >= 0.6 is 0 Å². The average molecular weight is 255 g/mol. The molecule has 0 amide bonds. The molecule has 19 heavy (non-hydrogen) atoms. The van der Waals surface area contributed by atoms with Crippen molar-refractivity contribution in [1.82, 2.24) is 4.98 Å². The molecule has 1 aromatic carbocycles. The van der Waals surface area contributed by atoms with Gasteiger partial charge in [0.15, 0.2) is 0 Å². The molecule has 96 valence electrons. The van der Waals surface area contributed by atoms with Crippen LogP contribution in [0.15, 0.2) is 30.5 Å². The van der Waals surface area contributed by atoms with E-state index in [1.165, 1.54) is 0 Å². The van der Waals surface area contributed by atoms with Gasteiger partial charge in [-0.15, -0.1) is 11.8 Å². The van der Waals surface area contributed by atoms with Crippen molar-refractivity contribution < 1.29 is 4.92 Å². The fourth-order valence-electron chi connectivity index (χ4n) is 1.86. The van der Waals surface area contributed by atoms with Crippen LogP contribution in [-0.4, -0.2) is 16.5 Å². The highest BCUT2D eigenvalue weighted by molar-refractivity contribution is 5.94. The number of nitrogens with zero attached hydrogens (tertiary/aromatic N) is 2. The van der Waals surface area contributed by atoms with Crippen molar-refractivity contribution in [1.29, 1.82) is 0 Å². The van der Waals surface area contributed by atoms with Gasteiger partial charge < -0.3 is 5.32 Å². The molecule has 0 atom stereocenters. The summed E-state index contributed by atoms with van der Waals surface area (Å²) < 4.78 is 0. The van der Waals surface area contributed by atoms with Gasteiger partial charge in [0.05, 0.1) is 15.8 Å². The van der Waals surface area contributed by atoms with Crippen LogP contribution in [0.4, 0.5) is 11.4 Å². The van der Waals surface area contributed by atoms with E-state index >= 15 is 0 Å². The van der Waals surface area contributed by atoms with Gasteiger partial charge in [0, 0.05) is 19.2 Å². The van der Waals surface area contributed by atoms with E-state index in [-0.39, 0.29) is 10.6 Å². The molecule has 1 heterocycles. The summed E-state index contributed by atoms with van der Waals surface area (Å²) >= 11 is 0. The minimum absolute atomic E-state index is 0.0649. The highest BCUT2D eigenvalue weighted by Crippen LogP contribution is 2.32. The lowest BCUT2D eigenvalue weighted by atomic mass is 10.1. The van der Waals surface area contributed by atoms with E-state index in [0.717, 1.165) is 0 Å². The third kappa shape index (κ3) is 2.80. The van der Waals surface area contributed by atoms with Crippen molar-refractivity contribution in [3.8, 4) is 11.8 Å². The number of fused-ring (bicyclic) bond motifs is 1. The second kappa shape index (κ2) is 5.83. The smallest absolute Gasteiger partial charge is 0.301 e. The molecule has 0 aliphatic rings. The summed E-state index contributed by atoms with van der Waals surface area (Å²) in [6, 6.07) is 6.86. The summed E-state index contributed by atoms with van der Waals surface area (Å²) in [6.07, 6.45) is 2.27. The highest BCUT2D eigenvalue weighted by Gasteiger charge is 2.18. The highest BCUT2D eigenvalue weighted by atomic mass is 16.6. The molecule has 0 radical (unpaired) electrons. The van der Waals surface area contributed by atoms with Gasteiger partial charge in [0.25, 0.3) is 0 Å². The number of nitro benzene ring substituents is 1. The van der Waals surface area contributed by atoms with Crippen molar-refractivity contribution in [2.24, 2.45) is 0 Å². The van der Waals surface area contributed by atoms with Crippen LogP contribution in [0.25, 0.3) is 10.9 Å². The topological polar surface area (TPSA) is 68.1 Å². The first-order chi connectivity index (χ1) is 9.24. The van der Waals surface area contributed by atoms with E-state index < -0.39 is 0 Å². The molecule has 1 N–H and O–H groups in total. The minimum atomic E-state index is -0.377. The quantitative estimate of drug-likeness (QED) is 0.394. The minimum Gasteiger partial charge on any atom is -0.379 e. The fraction of sp³-hybridized carbons (Fsp3) is 0.214. The molecule has 0 saturated carbocycles. The van der Waals surface area contributed by atoms with Crippen LogP contribution < -0.4 is 5.32 Å². The number of hydrogen-bond donors (Lipinski definition) is 1. The molecule has 5 nitrogen and oxygen atoms in total. The lowest BCUT2D eigenvalue weighted by Gasteiger charge is -2.07. The molecule has 0 unspecified atom stereocenters. The first-order valence-corrected chi connectivity index (χ1v) is 5.89. The molecular weight excluding hydrogens is 242 g/mol. The standard InChI is InChI=1S/C14H13N3O2/c1-2-3-4-9-16-13-8-7-12-11(6-5-10-15-12)14(13)17(18)19/h5-8,10,16H,4,9H2,1H3. The number of anilines is 1. The van der Waals surface area contributed by atoms with Gasteiger partial charge in [-0.25, -0.2) is 0 Å². The van der Waals surface area contributed by atoms with Gasteiger partial charge in [-0.05, 0) is 31.2 Å². The first-order valence-electron chi connectivity index (χ1n) is 5.89. The Balaban J connectivity index is 2.39. The SMILES string of the molecule is CC#CCCNc1ccc2ncccc2c1[N+](=O)[O-]. The predicted octanol–water partition coefficient (Wildman–Crippen LogP) is 2.97. The number of rotatable bonds is 4. The molecule has 0 fully saturated rings. The number of hydrogen-bond acceptors (Lipinski definition) is 4. The summed E-state index contributed by atoms with van der Waals surface area (Å²) in [6.45, 7) is 2.34. The van der Waals surface area contributed by atoms with Crippen LogP contribution in [0.2, 0.25) is 0 Å². The zero-order chi connectivity index (χ0) is 13.7. The number of aromatic nitrogens is 1. The first kappa shape index (κ1) is 12.8. The monoisotopic (exact) mass is 255 g/mol. The summed E-state index contributed by atoms with van der Waals surface area (Å²) in [5.74, 6) is 5.70. The number of nitrogens with one attached hydrogen (secondary N) is 1. The molecule has 2 rings (SSSR count). The third-order valence-electron chi connectivity index (χ3n) is 2.68. The molecule has 1 aromatic heterocycles. The van der Waals surface area contributed by atoms with Crippen LogP contribution in [0, 0.1) is 22.0 Å². The molecule has 5 heteroatoms. The van der Waals surface area contributed by atoms with Gasteiger partial charge in [-0.3, -0.25) is 15.1 Å². The molecule has 0 bridgehead atoms. The Morgan fingerprint density at radius 3 is 3.00 bits per heavy atom. The number of pyridine rings is 1. The summed E-state index contributed by atoms with van der Waals surface area (Å²) in [4.78, 5) is 15.0. The third-order valence-corrected chi connectivity index (χ3v) is 2.68. The van der Waals surface area contributed by atoms with Gasteiger partial charge in [-0.2, -0.15) is 0 Å². The molecule has 0 saturated heterocycles. The Hall–Kier alpha value is -2.61. The molecule has 0 aliphatic carbocycles. The zero-order valence-electron chi connectivity index (χ0n) is 10.5. The second-order valence-electron chi connectivity index (χ2n) is 3.89. The normalized spacial score (nSPS) is 9.74. The summed E-state index contributed by atoms with van der Waals surface area (Å²) in [5, 5.41) is 14.8. The average Bonchev–Trinajstić information content (AvgIpc) is 2.42. The zero-order valence-corrected chi connectivity index (χ0v) is 10.5. The Bertz CT molecular complexity index is 671. The molecule has 0 aliphatic heterocycles. The van der Waals surface area contributed by atoms with Crippen molar-refractivity contribution in [3.05, 3.63) is 40.6 Å². The Morgan fingerprint density at radius 1 is 1.42 bits per heavy atom. The van der Waals surface area contributed by atoms with E-state index in [1.807, 2.05) is 0 Å². The second-order valence-corrected chi connectivity index (χ2v) is 3.89. The molecular formula is C14H13N3O2. The lowest BCUT2D eigenvalue weighted by molar-refractivity contribution is -0.382. The fourth-order valence-corrected chi connectivity index (χ4v) is 1.86. The van der Waals surface area contributed by atoms with E-state index in [2.05, 4.69) is 22.1 Å². The Labute approximate surface area is 110 Å². The predicted molar refractivity (Wildman–Crippen MR) is 75.0 cm³/mol. The number of benzene rings is 1. The van der Waals surface area contributed by atoms with Crippen LogP contribution in [0.5, 0.6) is 0 Å². The van der Waals surface area contributed by atoms with Crippen LogP contribution in [0.3, 0.4) is 0 Å². The largest absolute Gasteiger partial charge is 0.379 e. The van der Waals surface area contributed by atoms with E-state index in [0.29, 0.717) is 29.6 Å². The maximum Gasteiger partial charge on any atom is 0.301 e. The van der Waals surface area contributed by atoms with Crippen molar-refractivity contribution in [2.45, 2.75) is 13.3 Å². The van der Waals surface area contributed by atoms with Crippen LogP contribution in [-0.2, 0) is 0 Å². The van der Waals surface area contributed by atoms with Gasteiger partial charge >= 0.3 is 5.69 Å². The van der Waals surface area contributed by atoms with Crippen molar-refractivity contribution in [2.75, 3.05) is 11.9 Å². The van der Waals surface area contributed by atoms with Crippen molar-refractivity contribution in [3.63, 3.8) is 0 Å². The van der Waals surface area contributed by atoms with E-state index in [9.17, 15) is 10.1 Å². The van der Waals surface area contributed by atoms with Crippen molar-refractivity contribution >= 4 is 22.3 Å². The van der Waals surface area contributed by atoms with Gasteiger partial charge in [0.1, 0.15) is 5.69 Å². The van der Waals surface area contributed by atoms with E-state index in [4.69, 9.17) is 0 Å². The summed E-state index contributed by atoms with van der Waals surface area (Å²) in [5.41, 5.74) is 1.19. The lowest BCUT2D eigenvalue weighted by Crippen LogP contribution is -2.04. The maximum atomic E-state index is 11.2. The maximum absolute atomic E-state index is 11.2. The van der Waals surface area contributed by atoms with Gasteiger partial charge in [-0.1, -0.05) is 0 Å². The molecule has 0 spiro atoms. The molecule has 2 aromatic rings. The number of nitro groups is 1.